The monoisotopic (exact) mass is 330 g/mol. The van der Waals surface area contributed by atoms with Crippen molar-refractivity contribution >= 4 is 35.4 Å². The average molecular weight is 330 g/mol. The number of aliphatic imine (C=N–C) groups is 1. The van der Waals surface area contributed by atoms with Crippen LogP contribution in [0.25, 0.3) is 0 Å². The highest BCUT2D eigenvalue weighted by atomic mass is 32.1. The Hall–Kier alpha value is -1.76. The fourth-order valence-electron chi connectivity index (χ4n) is 1.59. The molecular weight excluding hydrogens is 313 g/mol. The molecule has 1 amide bonds. The van der Waals surface area contributed by atoms with Crippen LogP contribution in [-0.2, 0) is 17.5 Å². The molecule has 0 atom stereocenters. The van der Waals surface area contributed by atoms with Crippen LogP contribution in [0.3, 0.4) is 0 Å². The Morgan fingerprint density at radius 2 is 1.95 bits per heavy atom. The molecule has 120 valence electrons. The van der Waals surface area contributed by atoms with Crippen LogP contribution in [0.1, 0.15) is 31.9 Å². The zero-order chi connectivity index (χ0) is 17.0. The van der Waals surface area contributed by atoms with E-state index in [-0.39, 0.29) is 18.1 Å². The summed E-state index contributed by atoms with van der Waals surface area (Å²) in [5, 5.41) is 3.81. The van der Waals surface area contributed by atoms with Gasteiger partial charge in [-0.2, -0.15) is 13.2 Å². The van der Waals surface area contributed by atoms with Crippen molar-refractivity contribution in [1.29, 1.82) is 0 Å². The van der Waals surface area contributed by atoms with Crippen molar-refractivity contribution in [3.05, 3.63) is 29.3 Å². The summed E-state index contributed by atoms with van der Waals surface area (Å²) in [7, 11) is 0. The number of benzene rings is 1. The van der Waals surface area contributed by atoms with Crippen molar-refractivity contribution in [2.24, 2.45) is 10.4 Å². The Balaban J connectivity index is 3.02. The van der Waals surface area contributed by atoms with E-state index in [1.165, 1.54) is 12.1 Å². The first-order chi connectivity index (χ1) is 10.1. The number of hydrogen-bond donors (Lipinski definition) is 1. The molecule has 0 fully saturated rings. The highest BCUT2D eigenvalue weighted by Crippen LogP contribution is 2.36. The number of thiocarbonyl (C=S) groups is 1. The number of halogens is 3. The third kappa shape index (κ3) is 5.22. The van der Waals surface area contributed by atoms with E-state index >= 15 is 0 Å². The smallest absolute Gasteiger partial charge is 0.352 e. The van der Waals surface area contributed by atoms with Gasteiger partial charge in [0.05, 0.1) is 11.3 Å². The van der Waals surface area contributed by atoms with Gasteiger partial charge in [-0.25, -0.2) is 0 Å². The third-order valence-electron chi connectivity index (χ3n) is 2.78. The molecule has 1 aromatic rings. The van der Waals surface area contributed by atoms with Gasteiger partial charge in [0.2, 0.25) is 5.91 Å². The summed E-state index contributed by atoms with van der Waals surface area (Å²) < 4.78 is 38.7. The van der Waals surface area contributed by atoms with Gasteiger partial charge in [-0.3, -0.25) is 9.79 Å². The summed E-state index contributed by atoms with van der Waals surface area (Å²) in [6, 6.07) is 3.57. The van der Waals surface area contributed by atoms with E-state index in [0.717, 1.165) is 17.6 Å². The maximum Gasteiger partial charge on any atom is 0.418 e. The highest BCUT2D eigenvalue weighted by molar-refractivity contribution is 7.80. The van der Waals surface area contributed by atoms with Crippen molar-refractivity contribution in [3.63, 3.8) is 0 Å². The first-order valence-corrected chi connectivity index (χ1v) is 6.99. The van der Waals surface area contributed by atoms with Gasteiger partial charge in [0, 0.05) is 23.5 Å². The van der Waals surface area contributed by atoms with E-state index in [4.69, 9.17) is 0 Å². The number of amides is 1. The van der Waals surface area contributed by atoms with E-state index < -0.39 is 17.2 Å². The largest absolute Gasteiger partial charge is 0.418 e. The van der Waals surface area contributed by atoms with Gasteiger partial charge < -0.3 is 5.32 Å². The van der Waals surface area contributed by atoms with Crippen LogP contribution in [0.4, 0.5) is 18.9 Å². The Kier molecular flexibility index (Phi) is 5.82. The van der Waals surface area contributed by atoms with E-state index in [0.29, 0.717) is 5.56 Å². The Labute approximate surface area is 132 Å². The van der Waals surface area contributed by atoms with Gasteiger partial charge in [-0.1, -0.05) is 39.1 Å². The topological polar surface area (TPSA) is 41.5 Å². The van der Waals surface area contributed by atoms with E-state index in [1.807, 2.05) is 0 Å². The molecule has 1 rings (SSSR count). The van der Waals surface area contributed by atoms with Crippen molar-refractivity contribution in [2.45, 2.75) is 33.5 Å². The quantitative estimate of drug-likeness (QED) is 0.668. The van der Waals surface area contributed by atoms with Crippen molar-refractivity contribution in [1.82, 2.24) is 5.32 Å². The Bertz CT molecular complexity index is 589. The molecule has 0 saturated carbocycles. The number of carbonyl (C=O) groups is 1. The summed E-state index contributed by atoms with van der Waals surface area (Å²) in [5.74, 6) is -0.184. The molecule has 0 heterocycles. The minimum atomic E-state index is -4.50. The molecule has 3 nitrogen and oxygen atoms in total. The zero-order valence-electron chi connectivity index (χ0n) is 12.5. The average Bonchev–Trinajstić information content (AvgIpc) is 2.40. The number of rotatable bonds is 4. The maximum absolute atomic E-state index is 12.9. The zero-order valence-corrected chi connectivity index (χ0v) is 13.3. The summed E-state index contributed by atoms with van der Waals surface area (Å²) in [6.45, 7) is 5.40. The van der Waals surface area contributed by atoms with E-state index in [1.54, 1.807) is 20.8 Å². The first-order valence-electron chi connectivity index (χ1n) is 6.52. The normalized spacial score (nSPS) is 12.5. The lowest BCUT2D eigenvalue weighted by atomic mass is 9.95. The van der Waals surface area contributed by atoms with Crippen LogP contribution >= 0.6 is 12.2 Å². The van der Waals surface area contributed by atoms with Crippen LogP contribution in [0.15, 0.2) is 23.2 Å². The molecule has 0 aliphatic carbocycles. The molecule has 0 unspecified atom stereocenters. The van der Waals surface area contributed by atoms with Crippen molar-refractivity contribution in [2.75, 3.05) is 0 Å². The molecule has 0 aliphatic rings. The summed E-state index contributed by atoms with van der Waals surface area (Å²) in [6.07, 6.45) is -3.38. The predicted molar refractivity (Wildman–Crippen MR) is 84.6 cm³/mol. The number of alkyl halides is 3. The second-order valence-corrected chi connectivity index (χ2v) is 5.97. The SMILES string of the molecule is CC(C)(C)C(=O)NCc1ccc(C(F)(F)F)c(N=CC=S)c1. The van der Waals surface area contributed by atoms with E-state index in [9.17, 15) is 18.0 Å². The second kappa shape index (κ2) is 7.00. The van der Waals surface area contributed by atoms with Crippen LogP contribution in [0.2, 0.25) is 0 Å². The molecule has 0 aromatic heterocycles. The lowest BCUT2D eigenvalue weighted by molar-refractivity contribution is -0.137. The standard InChI is InChI=1S/C15H17F3N2OS/c1-14(2,3)13(21)20-9-10-4-5-11(15(16,17)18)12(8-10)19-6-7-22/h4-8H,9H2,1-3H3,(H,20,21). The van der Waals surface area contributed by atoms with Gasteiger partial charge in [-0.15, -0.1) is 0 Å². The third-order valence-corrected chi connectivity index (χ3v) is 2.90. The molecule has 0 radical (unpaired) electrons. The molecule has 7 heteroatoms. The minimum Gasteiger partial charge on any atom is -0.352 e. The van der Waals surface area contributed by atoms with Crippen molar-refractivity contribution in [3.8, 4) is 0 Å². The van der Waals surface area contributed by atoms with Gasteiger partial charge in [0.1, 0.15) is 0 Å². The fraction of sp³-hybridized carbons (Fsp3) is 0.400. The Morgan fingerprint density at radius 3 is 2.45 bits per heavy atom. The molecule has 0 saturated heterocycles. The maximum atomic E-state index is 12.9. The molecular formula is C15H17F3N2OS. The van der Waals surface area contributed by atoms with Gasteiger partial charge in [0.15, 0.2) is 0 Å². The fourth-order valence-corrected chi connectivity index (χ4v) is 1.65. The Morgan fingerprint density at radius 1 is 1.32 bits per heavy atom. The molecule has 0 aliphatic heterocycles. The van der Waals surface area contributed by atoms with Gasteiger partial charge >= 0.3 is 6.18 Å². The lowest BCUT2D eigenvalue weighted by Crippen LogP contribution is -2.34. The summed E-state index contributed by atoms with van der Waals surface area (Å²) >= 11 is 4.53. The van der Waals surface area contributed by atoms with Gasteiger partial charge in [-0.05, 0) is 17.7 Å². The number of nitrogens with zero attached hydrogens (tertiary/aromatic N) is 1. The number of carbonyl (C=O) groups excluding carboxylic acids is 1. The van der Waals surface area contributed by atoms with Crippen LogP contribution < -0.4 is 5.32 Å². The predicted octanol–water partition coefficient (Wildman–Crippen LogP) is 4.07. The molecule has 0 bridgehead atoms. The lowest BCUT2D eigenvalue weighted by Gasteiger charge is -2.18. The van der Waals surface area contributed by atoms with Crippen LogP contribution in [0, 0.1) is 5.41 Å². The number of hydrogen-bond acceptors (Lipinski definition) is 3. The number of nitrogens with one attached hydrogen (secondary N) is 1. The summed E-state index contributed by atoms with van der Waals surface area (Å²) in [5.41, 5.74) is -1.10. The highest BCUT2D eigenvalue weighted by Gasteiger charge is 2.33. The first kappa shape index (κ1) is 18.3. The van der Waals surface area contributed by atoms with Crippen LogP contribution in [0.5, 0.6) is 0 Å². The second-order valence-electron chi connectivity index (χ2n) is 5.70. The van der Waals surface area contributed by atoms with Crippen molar-refractivity contribution < 1.29 is 18.0 Å². The molecule has 1 aromatic carbocycles. The summed E-state index contributed by atoms with van der Waals surface area (Å²) in [4.78, 5) is 15.5. The van der Waals surface area contributed by atoms with Gasteiger partial charge in [0.25, 0.3) is 0 Å². The molecule has 0 spiro atoms. The molecule has 22 heavy (non-hydrogen) atoms. The van der Waals surface area contributed by atoms with E-state index in [2.05, 4.69) is 22.5 Å². The molecule has 1 N–H and O–H groups in total. The van der Waals surface area contributed by atoms with Crippen LogP contribution in [-0.4, -0.2) is 17.5 Å². The minimum absolute atomic E-state index is 0.133.